The van der Waals surface area contributed by atoms with Crippen molar-refractivity contribution in [3.63, 3.8) is 0 Å². The summed E-state index contributed by atoms with van der Waals surface area (Å²) in [5.41, 5.74) is 0.0823. The average molecular weight is 245 g/mol. The molecule has 0 aromatic carbocycles. The summed E-state index contributed by atoms with van der Waals surface area (Å²) in [7, 11) is -3.42. The predicted molar refractivity (Wildman–Crippen MR) is 62.4 cm³/mol. The van der Waals surface area contributed by atoms with E-state index in [4.69, 9.17) is 0 Å². The molecule has 1 heterocycles. The van der Waals surface area contributed by atoms with Crippen molar-refractivity contribution in [3.05, 3.63) is 12.4 Å². The Balaban J connectivity index is 2.63. The minimum absolute atomic E-state index is 0.0823. The van der Waals surface area contributed by atoms with Crippen LogP contribution in [0, 0.1) is 11.3 Å². The Hall–Kier alpha value is -0.880. The maximum Gasteiger partial charge on any atom is 0.243 e. The molecular weight excluding hydrogens is 226 g/mol. The fourth-order valence-electron chi connectivity index (χ4n) is 1.01. The van der Waals surface area contributed by atoms with Gasteiger partial charge >= 0.3 is 0 Å². The molecule has 6 heteroatoms. The Morgan fingerprint density at radius 3 is 2.56 bits per heavy atom. The molecule has 92 valence electrons. The molecule has 5 nitrogen and oxygen atoms in total. The molecule has 0 saturated carbocycles. The van der Waals surface area contributed by atoms with Crippen molar-refractivity contribution in [1.29, 1.82) is 0 Å². The van der Waals surface area contributed by atoms with Crippen LogP contribution in [0.15, 0.2) is 17.3 Å². The fraction of sp³-hybridized carbons (Fsp3) is 0.700. The van der Waals surface area contributed by atoms with Crippen molar-refractivity contribution in [2.75, 3.05) is 6.54 Å². The van der Waals surface area contributed by atoms with Crippen LogP contribution < -0.4 is 4.72 Å². The Kier molecular flexibility index (Phi) is 3.75. The van der Waals surface area contributed by atoms with Gasteiger partial charge in [0.1, 0.15) is 4.90 Å². The average Bonchev–Trinajstić information content (AvgIpc) is 2.65. The van der Waals surface area contributed by atoms with Gasteiger partial charge in [-0.3, -0.25) is 5.10 Å². The SMILES string of the molecule is CC(CNS(=O)(=O)c1cn[nH]c1)C(C)(C)C. The van der Waals surface area contributed by atoms with Crippen LogP contribution in [0.1, 0.15) is 27.7 Å². The van der Waals surface area contributed by atoms with E-state index in [1.807, 2.05) is 6.92 Å². The summed E-state index contributed by atoms with van der Waals surface area (Å²) in [6.07, 6.45) is 2.66. The number of aromatic amines is 1. The molecule has 1 unspecified atom stereocenters. The van der Waals surface area contributed by atoms with Gasteiger partial charge in [-0.05, 0) is 11.3 Å². The van der Waals surface area contributed by atoms with E-state index in [0.717, 1.165) is 0 Å². The fourth-order valence-corrected chi connectivity index (χ4v) is 2.05. The molecule has 1 rings (SSSR count). The molecule has 0 bridgehead atoms. The number of nitrogens with zero attached hydrogens (tertiary/aromatic N) is 1. The van der Waals surface area contributed by atoms with Gasteiger partial charge in [0.25, 0.3) is 0 Å². The van der Waals surface area contributed by atoms with E-state index in [1.54, 1.807) is 0 Å². The molecule has 1 aromatic heterocycles. The van der Waals surface area contributed by atoms with Gasteiger partial charge < -0.3 is 0 Å². The second-order valence-corrected chi connectivity index (χ2v) is 6.82. The maximum absolute atomic E-state index is 11.8. The van der Waals surface area contributed by atoms with Gasteiger partial charge in [-0.2, -0.15) is 5.10 Å². The van der Waals surface area contributed by atoms with Crippen LogP contribution in [0.3, 0.4) is 0 Å². The van der Waals surface area contributed by atoms with Crippen LogP contribution in [0.2, 0.25) is 0 Å². The molecule has 1 aromatic rings. The van der Waals surface area contributed by atoms with Crippen molar-refractivity contribution in [3.8, 4) is 0 Å². The summed E-state index contributed by atoms with van der Waals surface area (Å²) >= 11 is 0. The van der Waals surface area contributed by atoms with Crippen LogP contribution in [0.4, 0.5) is 0 Å². The van der Waals surface area contributed by atoms with Gasteiger partial charge in [-0.1, -0.05) is 27.7 Å². The highest BCUT2D eigenvalue weighted by atomic mass is 32.2. The third-order valence-corrected chi connectivity index (χ3v) is 4.23. The molecule has 0 radical (unpaired) electrons. The molecule has 0 fully saturated rings. The van der Waals surface area contributed by atoms with E-state index >= 15 is 0 Å². The normalized spacial score (nSPS) is 15.0. The van der Waals surface area contributed by atoms with Gasteiger partial charge in [-0.25, -0.2) is 13.1 Å². The topological polar surface area (TPSA) is 74.8 Å². The smallest absolute Gasteiger partial charge is 0.243 e. The van der Waals surface area contributed by atoms with Gasteiger partial charge in [0.2, 0.25) is 10.0 Å². The summed E-state index contributed by atoms with van der Waals surface area (Å²) in [5, 5.41) is 6.10. The minimum atomic E-state index is -3.42. The highest BCUT2D eigenvalue weighted by Crippen LogP contribution is 2.24. The van der Waals surface area contributed by atoms with Crippen LogP contribution in [-0.4, -0.2) is 25.2 Å². The Labute approximate surface area is 96.7 Å². The lowest BCUT2D eigenvalue weighted by Gasteiger charge is -2.27. The molecule has 2 N–H and O–H groups in total. The molecule has 0 aliphatic heterocycles. The summed E-state index contributed by atoms with van der Waals surface area (Å²) in [6, 6.07) is 0. The van der Waals surface area contributed by atoms with E-state index in [0.29, 0.717) is 6.54 Å². The maximum atomic E-state index is 11.8. The Morgan fingerprint density at radius 1 is 1.50 bits per heavy atom. The van der Waals surface area contributed by atoms with E-state index in [1.165, 1.54) is 12.4 Å². The van der Waals surface area contributed by atoms with Crippen LogP contribution in [0.5, 0.6) is 0 Å². The molecule has 16 heavy (non-hydrogen) atoms. The third-order valence-electron chi connectivity index (χ3n) is 2.84. The second-order valence-electron chi connectivity index (χ2n) is 5.05. The second kappa shape index (κ2) is 4.55. The number of aromatic nitrogens is 2. The first-order chi connectivity index (χ1) is 7.23. The summed E-state index contributed by atoms with van der Waals surface area (Å²) in [4.78, 5) is 0.175. The number of hydrogen-bond acceptors (Lipinski definition) is 3. The summed E-state index contributed by atoms with van der Waals surface area (Å²) in [6.45, 7) is 8.71. The lowest BCUT2D eigenvalue weighted by molar-refractivity contribution is 0.263. The monoisotopic (exact) mass is 245 g/mol. The number of sulfonamides is 1. The van der Waals surface area contributed by atoms with Gasteiger partial charge in [0, 0.05) is 12.7 Å². The first-order valence-electron chi connectivity index (χ1n) is 5.22. The molecule has 0 aliphatic rings. The van der Waals surface area contributed by atoms with Gasteiger partial charge in [-0.15, -0.1) is 0 Å². The van der Waals surface area contributed by atoms with Gasteiger partial charge in [0.15, 0.2) is 0 Å². The van der Waals surface area contributed by atoms with E-state index < -0.39 is 10.0 Å². The zero-order chi connectivity index (χ0) is 12.4. The van der Waals surface area contributed by atoms with Crippen LogP contribution in [0.25, 0.3) is 0 Å². The number of hydrogen-bond donors (Lipinski definition) is 2. The molecular formula is C10H19N3O2S. The molecule has 0 spiro atoms. The largest absolute Gasteiger partial charge is 0.284 e. The lowest BCUT2D eigenvalue weighted by atomic mass is 9.82. The first-order valence-corrected chi connectivity index (χ1v) is 6.70. The Bertz CT molecular complexity index is 417. The van der Waals surface area contributed by atoms with E-state index in [9.17, 15) is 8.42 Å². The highest BCUT2D eigenvalue weighted by Gasteiger charge is 2.23. The first kappa shape index (κ1) is 13.2. The predicted octanol–water partition coefficient (Wildman–Crippen LogP) is 1.37. The van der Waals surface area contributed by atoms with Crippen molar-refractivity contribution >= 4 is 10.0 Å². The van der Waals surface area contributed by atoms with Crippen molar-refractivity contribution in [1.82, 2.24) is 14.9 Å². The third kappa shape index (κ3) is 3.31. The summed E-state index contributed by atoms with van der Waals surface area (Å²) < 4.78 is 26.1. The van der Waals surface area contributed by atoms with E-state index in [2.05, 4.69) is 35.7 Å². The number of rotatable bonds is 4. The highest BCUT2D eigenvalue weighted by molar-refractivity contribution is 7.89. The zero-order valence-corrected chi connectivity index (χ0v) is 10.9. The van der Waals surface area contributed by atoms with Crippen molar-refractivity contribution < 1.29 is 8.42 Å². The van der Waals surface area contributed by atoms with Crippen molar-refractivity contribution in [2.45, 2.75) is 32.6 Å². The lowest BCUT2D eigenvalue weighted by Crippen LogP contribution is -2.33. The summed E-state index contributed by atoms with van der Waals surface area (Å²) in [5.74, 6) is 0.258. The minimum Gasteiger partial charge on any atom is -0.284 e. The van der Waals surface area contributed by atoms with Crippen molar-refractivity contribution in [2.24, 2.45) is 11.3 Å². The molecule has 0 amide bonds. The van der Waals surface area contributed by atoms with E-state index in [-0.39, 0.29) is 16.2 Å². The molecule has 0 aliphatic carbocycles. The van der Waals surface area contributed by atoms with Crippen LogP contribution >= 0.6 is 0 Å². The van der Waals surface area contributed by atoms with Crippen LogP contribution in [-0.2, 0) is 10.0 Å². The number of H-pyrrole nitrogens is 1. The molecule has 1 atom stereocenters. The Morgan fingerprint density at radius 2 is 2.12 bits per heavy atom. The molecule has 0 saturated heterocycles. The quantitative estimate of drug-likeness (QED) is 0.841. The van der Waals surface area contributed by atoms with Gasteiger partial charge in [0.05, 0.1) is 6.20 Å². The standard InChI is InChI=1S/C10H19N3O2S/c1-8(10(2,3)4)5-13-16(14,15)9-6-11-12-7-9/h6-8,13H,5H2,1-4H3,(H,11,12). The number of nitrogens with one attached hydrogen (secondary N) is 2. The zero-order valence-electron chi connectivity index (χ0n) is 10.1.